The minimum Gasteiger partial charge on any atom is -0.492 e. The normalized spacial score (nSPS) is 10.8. The number of hydrogen-bond donors (Lipinski definition) is 4. The second-order valence-corrected chi connectivity index (χ2v) is 8.26. The molecule has 0 bridgehead atoms. The molecule has 0 spiro atoms. The van der Waals surface area contributed by atoms with Crippen molar-refractivity contribution in [1.82, 2.24) is 14.6 Å². The number of hydrogen-bond acceptors (Lipinski definition) is 7. The van der Waals surface area contributed by atoms with Crippen molar-refractivity contribution >= 4 is 51.3 Å². The topological polar surface area (TPSA) is 93.5 Å². The molecule has 0 radical (unpaired) electrons. The van der Waals surface area contributed by atoms with Crippen molar-refractivity contribution < 1.29 is 9.84 Å². The highest BCUT2D eigenvalue weighted by molar-refractivity contribution is 7.11. The van der Waals surface area contributed by atoms with E-state index in [-0.39, 0.29) is 11.7 Å². The van der Waals surface area contributed by atoms with Gasteiger partial charge in [-0.05, 0) is 68.1 Å². The molecule has 0 fully saturated rings. The molecule has 0 unspecified atom stereocenters. The number of likely N-dealkylation sites (N-methyl/N-ethyl adjacent to an activating group) is 1. The molecule has 0 aliphatic carbocycles. The number of nitrogens with zero attached hydrogens (tertiary/aromatic N) is 2. The molecule has 0 aliphatic heterocycles. The highest BCUT2D eigenvalue weighted by Gasteiger charge is 2.18. The molecule has 0 saturated heterocycles. The second kappa shape index (κ2) is 9.99. The van der Waals surface area contributed by atoms with Crippen LogP contribution in [0.2, 0.25) is 10.0 Å². The first-order valence-corrected chi connectivity index (χ1v) is 10.5. The number of halogens is 2. The van der Waals surface area contributed by atoms with Crippen LogP contribution in [0.25, 0.3) is 0 Å². The van der Waals surface area contributed by atoms with Crippen molar-refractivity contribution in [3.8, 4) is 17.4 Å². The molecule has 7 nitrogen and oxygen atoms in total. The molecule has 2 aromatic carbocycles. The van der Waals surface area contributed by atoms with Crippen LogP contribution >= 0.6 is 34.7 Å². The van der Waals surface area contributed by atoms with E-state index in [1.54, 1.807) is 30.3 Å². The first kappa shape index (κ1) is 22.2. The van der Waals surface area contributed by atoms with E-state index < -0.39 is 0 Å². The predicted octanol–water partition coefficient (Wildman–Crippen LogP) is 5.17. The average Bonchev–Trinajstić information content (AvgIpc) is 3.05. The number of amidine groups is 1. The van der Waals surface area contributed by atoms with Crippen LogP contribution in [0.4, 0.5) is 10.7 Å². The molecule has 3 aromatic rings. The summed E-state index contributed by atoms with van der Waals surface area (Å²) < 4.78 is 9.74. The van der Waals surface area contributed by atoms with Gasteiger partial charge in [-0.25, -0.2) is 0 Å². The van der Waals surface area contributed by atoms with Crippen molar-refractivity contribution in [3.63, 3.8) is 0 Å². The van der Waals surface area contributed by atoms with Gasteiger partial charge in [0.25, 0.3) is 0 Å². The van der Waals surface area contributed by atoms with Crippen molar-refractivity contribution in [3.05, 3.63) is 58.1 Å². The lowest BCUT2D eigenvalue weighted by molar-refractivity contribution is 0.412. The van der Waals surface area contributed by atoms with Crippen molar-refractivity contribution in [1.29, 1.82) is 5.41 Å². The van der Waals surface area contributed by atoms with E-state index >= 15 is 0 Å². The molecule has 0 saturated carbocycles. The summed E-state index contributed by atoms with van der Waals surface area (Å²) in [7, 11) is 3.91. The molecular formula is C20H21Cl2N5O2S. The van der Waals surface area contributed by atoms with Gasteiger partial charge in [0.1, 0.15) is 27.9 Å². The summed E-state index contributed by atoms with van der Waals surface area (Å²) in [5, 5.41) is 26.0. The number of aromatic hydroxyl groups is 1. The SMILES string of the molecule is CN(C)CCNC(=N)c1c(O)nsc1Nc1ccc(Oc2ccc(Cl)cc2Cl)cc1. The molecular weight excluding hydrogens is 445 g/mol. The molecule has 1 heterocycles. The zero-order chi connectivity index (χ0) is 21.7. The molecule has 0 atom stereocenters. The number of ether oxygens (including phenoxy) is 1. The van der Waals surface area contributed by atoms with E-state index in [1.165, 1.54) is 0 Å². The summed E-state index contributed by atoms with van der Waals surface area (Å²) >= 11 is 13.1. The summed E-state index contributed by atoms with van der Waals surface area (Å²) in [5.41, 5.74) is 1.10. The molecule has 0 aliphatic rings. The Bertz CT molecular complexity index is 1020. The summed E-state index contributed by atoms with van der Waals surface area (Å²) in [6.07, 6.45) is 0. The minimum absolute atomic E-state index is 0.114. The van der Waals surface area contributed by atoms with E-state index in [2.05, 4.69) is 15.0 Å². The number of aromatic nitrogens is 1. The van der Waals surface area contributed by atoms with Gasteiger partial charge in [0, 0.05) is 23.8 Å². The number of rotatable bonds is 8. The van der Waals surface area contributed by atoms with Crippen LogP contribution in [0.3, 0.4) is 0 Å². The van der Waals surface area contributed by atoms with E-state index in [0.717, 1.165) is 23.8 Å². The number of anilines is 2. The fourth-order valence-corrected chi connectivity index (χ4v) is 3.67. The Balaban J connectivity index is 1.68. The van der Waals surface area contributed by atoms with Crippen LogP contribution in [-0.4, -0.2) is 47.4 Å². The third-order valence-electron chi connectivity index (χ3n) is 4.02. The maximum absolute atomic E-state index is 10.1. The van der Waals surface area contributed by atoms with Crippen molar-refractivity contribution in [2.45, 2.75) is 0 Å². The van der Waals surface area contributed by atoms with Crippen molar-refractivity contribution in [2.24, 2.45) is 0 Å². The van der Waals surface area contributed by atoms with E-state index in [4.69, 9.17) is 33.3 Å². The molecule has 1 aromatic heterocycles. The zero-order valence-electron chi connectivity index (χ0n) is 16.4. The largest absolute Gasteiger partial charge is 0.492 e. The van der Waals surface area contributed by atoms with Crippen LogP contribution in [0.5, 0.6) is 17.4 Å². The Morgan fingerprint density at radius 3 is 2.60 bits per heavy atom. The van der Waals surface area contributed by atoms with E-state index in [9.17, 15) is 5.11 Å². The fourth-order valence-electron chi connectivity index (χ4n) is 2.51. The van der Waals surface area contributed by atoms with Gasteiger partial charge in [-0.3, -0.25) is 5.41 Å². The van der Waals surface area contributed by atoms with Crippen LogP contribution in [0.1, 0.15) is 5.56 Å². The Kier molecular flexibility index (Phi) is 7.38. The summed E-state index contributed by atoms with van der Waals surface area (Å²) in [6.45, 7) is 1.35. The van der Waals surface area contributed by atoms with Gasteiger partial charge in [0.05, 0.1) is 5.02 Å². The molecule has 3 rings (SSSR count). The van der Waals surface area contributed by atoms with Crippen LogP contribution in [0.15, 0.2) is 42.5 Å². The maximum atomic E-state index is 10.1. The Hall–Kier alpha value is -2.52. The summed E-state index contributed by atoms with van der Waals surface area (Å²) in [6, 6.07) is 12.2. The van der Waals surface area contributed by atoms with Gasteiger partial charge in [0.2, 0.25) is 5.88 Å². The third-order valence-corrected chi connectivity index (χ3v) is 5.30. The Morgan fingerprint density at radius 1 is 1.20 bits per heavy atom. The smallest absolute Gasteiger partial charge is 0.236 e. The Labute approximate surface area is 188 Å². The number of benzene rings is 2. The molecule has 158 valence electrons. The van der Waals surface area contributed by atoms with E-state index in [1.807, 2.05) is 31.1 Å². The molecule has 4 N–H and O–H groups in total. The third kappa shape index (κ3) is 5.76. The maximum Gasteiger partial charge on any atom is 0.236 e. The van der Waals surface area contributed by atoms with Gasteiger partial charge >= 0.3 is 0 Å². The Morgan fingerprint density at radius 2 is 1.93 bits per heavy atom. The van der Waals surface area contributed by atoms with Crippen LogP contribution < -0.4 is 15.4 Å². The van der Waals surface area contributed by atoms with Crippen molar-refractivity contribution in [2.75, 3.05) is 32.5 Å². The number of nitrogens with one attached hydrogen (secondary N) is 3. The molecule has 30 heavy (non-hydrogen) atoms. The first-order valence-electron chi connectivity index (χ1n) is 8.99. The highest BCUT2D eigenvalue weighted by Crippen LogP contribution is 2.34. The van der Waals surface area contributed by atoms with Gasteiger partial charge in [-0.1, -0.05) is 23.2 Å². The van der Waals surface area contributed by atoms with E-state index in [0.29, 0.717) is 38.7 Å². The quantitative estimate of drug-likeness (QED) is 0.271. The zero-order valence-corrected chi connectivity index (χ0v) is 18.7. The highest BCUT2D eigenvalue weighted by atomic mass is 35.5. The first-order chi connectivity index (χ1) is 14.3. The van der Waals surface area contributed by atoms with Gasteiger partial charge in [-0.15, -0.1) is 0 Å². The predicted molar refractivity (Wildman–Crippen MR) is 123 cm³/mol. The molecule has 0 amide bonds. The minimum atomic E-state index is -0.179. The van der Waals surface area contributed by atoms with Gasteiger partial charge in [-0.2, -0.15) is 4.37 Å². The lowest BCUT2D eigenvalue weighted by Crippen LogP contribution is -2.31. The molecule has 10 heteroatoms. The van der Waals surface area contributed by atoms with Gasteiger partial charge < -0.3 is 25.4 Å². The summed E-state index contributed by atoms with van der Waals surface area (Å²) in [5.74, 6) is 1.05. The summed E-state index contributed by atoms with van der Waals surface area (Å²) in [4.78, 5) is 2.01. The standard InChI is InChI=1S/C20H21Cl2N5O2S/c1-27(2)10-9-24-18(23)17-19(28)26-30-20(17)25-13-4-6-14(7-5-13)29-16-8-3-12(21)11-15(16)22/h3-8,11,25H,9-10H2,1-2H3,(H2,23,24)(H,26,28). The fraction of sp³-hybridized carbons (Fsp3) is 0.200. The lowest BCUT2D eigenvalue weighted by Gasteiger charge is -2.13. The average molecular weight is 466 g/mol. The lowest BCUT2D eigenvalue weighted by atomic mass is 10.2. The van der Waals surface area contributed by atoms with Crippen LogP contribution in [0, 0.1) is 5.41 Å². The van der Waals surface area contributed by atoms with Gasteiger partial charge in [0.15, 0.2) is 0 Å². The monoisotopic (exact) mass is 465 g/mol. The van der Waals surface area contributed by atoms with Crippen LogP contribution in [-0.2, 0) is 0 Å². The second-order valence-electron chi connectivity index (χ2n) is 6.64.